The van der Waals surface area contributed by atoms with Crippen LogP contribution in [-0.4, -0.2) is 13.2 Å². The lowest BCUT2D eigenvalue weighted by molar-refractivity contribution is 0.412. The van der Waals surface area contributed by atoms with Crippen molar-refractivity contribution in [3.63, 3.8) is 0 Å². The quantitative estimate of drug-likeness (QED) is 0.868. The van der Waals surface area contributed by atoms with Gasteiger partial charge in [-0.05, 0) is 52.9 Å². The fourth-order valence-corrected chi connectivity index (χ4v) is 2.32. The van der Waals surface area contributed by atoms with Crippen LogP contribution in [0.15, 0.2) is 22.7 Å². The van der Waals surface area contributed by atoms with Gasteiger partial charge in [-0.1, -0.05) is 19.4 Å². The Labute approximate surface area is 106 Å². The lowest BCUT2D eigenvalue weighted by Gasteiger charge is -2.11. The van der Waals surface area contributed by atoms with Gasteiger partial charge in [0.25, 0.3) is 0 Å². The molecule has 2 nitrogen and oxygen atoms in total. The maximum absolute atomic E-state index is 5.99. The van der Waals surface area contributed by atoms with Gasteiger partial charge in [0.15, 0.2) is 0 Å². The number of hydrogen-bond donors (Lipinski definition) is 1. The summed E-state index contributed by atoms with van der Waals surface area (Å²) < 4.78 is 6.20. The third-order valence-electron chi connectivity index (χ3n) is 2.68. The molecule has 0 aliphatic rings. The van der Waals surface area contributed by atoms with Gasteiger partial charge in [0.2, 0.25) is 0 Å². The van der Waals surface area contributed by atoms with Crippen molar-refractivity contribution >= 4 is 15.9 Å². The van der Waals surface area contributed by atoms with E-state index in [9.17, 15) is 0 Å². The van der Waals surface area contributed by atoms with Gasteiger partial charge in [-0.25, -0.2) is 0 Å². The molecule has 0 aliphatic carbocycles. The molecule has 0 radical (unpaired) electrons. The Hall–Kier alpha value is -0.540. The zero-order valence-electron chi connectivity index (χ0n) is 10.0. The molecule has 0 heterocycles. The largest absolute Gasteiger partial charge is 0.496 e. The van der Waals surface area contributed by atoms with Gasteiger partial charge in [-0.3, -0.25) is 0 Å². The van der Waals surface area contributed by atoms with Crippen molar-refractivity contribution in [2.75, 3.05) is 7.11 Å². The number of aryl methyl sites for hydroxylation is 1. The summed E-state index contributed by atoms with van der Waals surface area (Å²) in [6, 6.07) is 6.52. The molecule has 3 heteroatoms. The zero-order valence-corrected chi connectivity index (χ0v) is 11.6. The van der Waals surface area contributed by atoms with Gasteiger partial charge in [0, 0.05) is 6.04 Å². The Kier molecular flexibility index (Phi) is 5.85. The standard InChI is InChI=1S/C13H20BrNO/c1-3-4-11(15)7-5-10-6-8-13(16-2)12(14)9-10/h6,8-9,11H,3-5,7,15H2,1-2H3. The van der Waals surface area contributed by atoms with Crippen LogP contribution in [0.2, 0.25) is 0 Å². The van der Waals surface area contributed by atoms with Gasteiger partial charge < -0.3 is 10.5 Å². The average Bonchev–Trinajstić information content (AvgIpc) is 2.27. The van der Waals surface area contributed by atoms with Gasteiger partial charge in [-0.2, -0.15) is 0 Å². The predicted molar refractivity (Wildman–Crippen MR) is 71.9 cm³/mol. The van der Waals surface area contributed by atoms with Crippen molar-refractivity contribution in [3.8, 4) is 5.75 Å². The highest BCUT2D eigenvalue weighted by molar-refractivity contribution is 9.10. The first-order valence-electron chi connectivity index (χ1n) is 5.75. The minimum atomic E-state index is 0.325. The maximum atomic E-state index is 5.99. The molecule has 16 heavy (non-hydrogen) atoms. The van der Waals surface area contributed by atoms with Crippen LogP contribution in [0.5, 0.6) is 5.75 Å². The van der Waals surface area contributed by atoms with Crippen LogP contribution in [0.25, 0.3) is 0 Å². The van der Waals surface area contributed by atoms with Gasteiger partial charge in [0.05, 0.1) is 11.6 Å². The summed E-state index contributed by atoms with van der Waals surface area (Å²) in [5.74, 6) is 0.876. The molecule has 0 spiro atoms. The Morgan fingerprint density at radius 2 is 2.12 bits per heavy atom. The highest BCUT2D eigenvalue weighted by atomic mass is 79.9. The molecule has 2 N–H and O–H groups in total. The summed E-state index contributed by atoms with van der Waals surface area (Å²) in [6.45, 7) is 2.17. The van der Waals surface area contributed by atoms with E-state index in [1.54, 1.807) is 7.11 Å². The molecule has 1 atom stereocenters. The van der Waals surface area contributed by atoms with Crippen molar-refractivity contribution in [3.05, 3.63) is 28.2 Å². The molecule has 0 bridgehead atoms. The number of rotatable bonds is 6. The molecule has 0 fully saturated rings. The first-order chi connectivity index (χ1) is 7.67. The van der Waals surface area contributed by atoms with E-state index in [0.29, 0.717) is 6.04 Å². The van der Waals surface area contributed by atoms with Crippen LogP contribution in [0, 0.1) is 0 Å². The number of nitrogens with two attached hydrogens (primary N) is 1. The Bertz CT molecular complexity index is 328. The van der Waals surface area contributed by atoms with Crippen molar-refractivity contribution in [1.29, 1.82) is 0 Å². The van der Waals surface area contributed by atoms with E-state index in [-0.39, 0.29) is 0 Å². The van der Waals surface area contributed by atoms with Crippen molar-refractivity contribution < 1.29 is 4.74 Å². The Balaban J connectivity index is 2.51. The van der Waals surface area contributed by atoms with Gasteiger partial charge >= 0.3 is 0 Å². The topological polar surface area (TPSA) is 35.2 Å². The second-order valence-electron chi connectivity index (χ2n) is 4.06. The molecular formula is C13H20BrNO. The molecular weight excluding hydrogens is 266 g/mol. The Morgan fingerprint density at radius 3 is 2.69 bits per heavy atom. The summed E-state index contributed by atoms with van der Waals surface area (Å²) in [5.41, 5.74) is 7.29. The summed E-state index contributed by atoms with van der Waals surface area (Å²) >= 11 is 3.49. The van der Waals surface area contributed by atoms with Crippen LogP contribution in [0.4, 0.5) is 0 Å². The summed E-state index contributed by atoms with van der Waals surface area (Å²) in [5, 5.41) is 0. The van der Waals surface area contributed by atoms with Crippen LogP contribution in [0.3, 0.4) is 0 Å². The molecule has 1 unspecified atom stereocenters. The first kappa shape index (κ1) is 13.5. The van der Waals surface area contributed by atoms with Crippen molar-refractivity contribution in [2.45, 2.75) is 38.6 Å². The summed E-state index contributed by atoms with van der Waals surface area (Å²) in [4.78, 5) is 0. The smallest absolute Gasteiger partial charge is 0.133 e. The van der Waals surface area contributed by atoms with E-state index < -0.39 is 0 Å². The molecule has 1 rings (SSSR count). The lowest BCUT2D eigenvalue weighted by atomic mass is 10.0. The molecule has 0 aliphatic heterocycles. The van der Waals surface area contributed by atoms with Crippen LogP contribution >= 0.6 is 15.9 Å². The third kappa shape index (κ3) is 4.14. The molecule has 90 valence electrons. The number of methoxy groups -OCH3 is 1. The van der Waals surface area contributed by atoms with Gasteiger partial charge in [-0.15, -0.1) is 0 Å². The molecule has 0 saturated carbocycles. The Morgan fingerprint density at radius 1 is 1.38 bits per heavy atom. The minimum absolute atomic E-state index is 0.325. The maximum Gasteiger partial charge on any atom is 0.133 e. The van der Waals surface area contributed by atoms with Crippen LogP contribution in [0.1, 0.15) is 31.7 Å². The second-order valence-corrected chi connectivity index (χ2v) is 4.91. The molecule has 0 saturated heterocycles. The SMILES string of the molecule is CCCC(N)CCc1ccc(OC)c(Br)c1. The third-order valence-corrected chi connectivity index (χ3v) is 3.30. The fourth-order valence-electron chi connectivity index (χ4n) is 1.73. The van der Waals surface area contributed by atoms with Crippen molar-refractivity contribution in [1.82, 2.24) is 0 Å². The summed E-state index contributed by atoms with van der Waals surface area (Å²) in [7, 11) is 1.68. The van der Waals surface area contributed by atoms with E-state index >= 15 is 0 Å². The van der Waals surface area contributed by atoms with Crippen LogP contribution in [-0.2, 0) is 6.42 Å². The minimum Gasteiger partial charge on any atom is -0.496 e. The fraction of sp³-hybridized carbons (Fsp3) is 0.538. The van der Waals surface area contributed by atoms with Crippen LogP contribution < -0.4 is 10.5 Å². The van der Waals surface area contributed by atoms with E-state index in [0.717, 1.165) is 35.9 Å². The van der Waals surface area contributed by atoms with E-state index in [4.69, 9.17) is 10.5 Å². The lowest BCUT2D eigenvalue weighted by Crippen LogP contribution is -2.20. The second kappa shape index (κ2) is 6.92. The van der Waals surface area contributed by atoms with Crippen molar-refractivity contribution in [2.24, 2.45) is 5.73 Å². The van der Waals surface area contributed by atoms with E-state index in [2.05, 4.69) is 35.0 Å². The van der Waals surface area contributed by atoms with E-state index in [1.165, 1.54) is 5.56 Å². The normalized spacial score (nSPS) is 12.5. The number of benzene rings is 1. The molecule has 1 aromatic carbocycles. The molecule has 0 aromatic heterocycles. The monoisotopic (exact) mass is 285 g/mol. The zero-order chi connectivity index (χ0) is 12.0. The number of halogens is 1. The number of hydrogen-bond acceptors (Lipinski definition) is 2. The van der Waals surface area contributed by atoms with Gasteiger partial charge in [0.1, 0.15) is 5.75 Å². The van der Waals surface area contributed by atoms with E-state index in [1.807, 2.05) is 6.07 Å². The predicted octanol–water partition coefficient (Wildman–Crippen LogP) is 3.52. The highest BCUT2D eigenvalue weighted by Crippen LogP contribution is 2.26. The number of ether oxygens (including phenoxy) is 1. The molecule has 0 amide bonds. The summed E-state index contributed by atoms with van der Waals surface area (Å²) in [6.07, 6.45) is 4.35. The first-order valence-corrected chi connectivity index (χ1v) is 6.54. The highest BCUT2D eigenvalue weighted by Gasteiger charge is 2.04. The average molecular weight is 286 g/mol. The molecule has 1 aromatic rings.